The van der Waals surface area contributed by atoms with Crippen molar-refractivity contribution in [3.8, 4) is 6.07 Å². The number of nitrogens with zero attached hydrogens (tertiary/aromatic N) is 3. The van der Waals surface area contributed by atoms with Gasteiger partial charge < -0.3 is 4.90 Å². The third kappa shape index (κ3) is 2.15. The van der Waals surface area contributed by atoms with E-state index in [0.717, 1.165) is 24.1 Å². The van der Waals surface area contributed by atoms with E-state index in [4.69, 9.17) is 5.26 Å². The number of nitriles is 1. The number of hydrogen-bond acceptors (Lipinski definition) is 3. The van der Waals surface area contributed by atoms with Gasteiger partial charge in [0.05, 0.1) is 5.56 Å². The Labute approximate surface area is 110 Å². The molecule has 0 atom stereocenters. The highest BCUT2D eigenvalue weighted by atomic mass is 19.1. The Balaban J connectivity index is 1.94. The van der Waals surface area contributed by atoms with Crippen LogP contribution < -0.4 is 4.90 Å². The normalized spacial score (nSPS) is 13.8. The van der Waals surface area contributed by atoms with Gasteiger partial charge in [-0.3, -0.25) is 0 Å². The van der Waals surface area contributed by atoms with Crippen LogP contribution >= 0.6 is 0 Å². The van der Waals surface area contributed by atoms with Gasteiger partial charge in [-0.05, 0) is 41.8 Å². The smallest absolute Gasteiger partial charge is 0.146 e. The molecule has 2 heterocycles. The first-order chi connectivity index (χ1) is 9.28. The van der Waals surface area contributed by atoms with E-state index >= 15 is 0 Å². The molecular formula is C15H12FN3. The summed E-state index contributed by atoms with van der Waals surface area (Å²) >= 11 is 0. The van der Waals surface area contributed by atoms with Gasteiger partial charge in [0, 0.05) is 19.3 Å². The van der Waals surface area contributed by atoms with Crippen molar-refractivity contribution >= 4 is 5.82 Å². The standard InChI is InChI=1S/C15H12FN3/c16-14-4-3-13-10-19(7-5-11(13)8-14)15-12(9-17)2-1-6-18-15/h1-4,6,8H,5,7,10H2. The zero-order valence-electron chi connectivity index (χ0n) is 10.3. The molecular weight excluding hydrogens is 241 g/mol. The van der Waals surface area contributed by atoms with E-state index in [1.54, 1.807) is 24.4 Å². The van der Waals surface area contributed by atoms with Crippen molar-refractivity contribution < 1.29 is 4.39 Å². The molecule has 1 aliphatic heterocycles. The lowest BCUT2D eigenvalue weighted by molar-refractivity contribution is 0.618. The third-order valence-electron chi connectivity index (χ3n) is 3.39. The van der Waals surface area contributed by atoms with Gasteiger partial charge in [-0.2, -0.15) is 5.26 Å². The zero-order valence-corrected chi connectivity index (χ0v) is 10.3. The minimum atomic E-state index is -0.192. The Morgan fingerprint density at radius 2 is 2.16 bits per heavy atom. The number of halogens is 1. The fraction of sp³-hybridized carbons (Fsp3) is 0.200. The lowest BCUT2D eigenvalue weighted by Crippen LogP contribution is -2.31. The van der Waals surface area contributed by atoms with E-state index in [2.05, 4.69) is 16.0 Å². The van der Waals surface area contributed by atoms with E-state index in [9.17, 15) is 4.39 Å². The Kier molecular flexibility index (Phi) is 2.88. The van der Waals surface area contributed by atoms with Crippen LogP contribution in [0.4, 0.5) is 10.2 Å². The first kappa shape index (κ1) is 11.7. The number of hydrogen-bond donors (Lipinski definition) is 0. The number of fused-ring (bicyclic) bond motifs is 1. The predicted octanol–water partition coefficient (Wildman–Crippen LogP) is 2.66. The van der Waals surface area contributed by atoms with Crippen LogP contribution in [0.25, 0.3) is 0 Å². The van der Waals surface area contributed by atoms with Gasteiger partial charge in [0.2, 0.25) is 0 Å². The van der Waals surface area contributed by atoms with Gasteiger partial charge in [0.25, 0.3) is 0 Å². The van der Waals surface area contributed by atoms with E-state index < -0.39 is 0 Å². The van der Waals surface area contributed by atoms with Crippen LogP contribution in [0, 0.1) is 17.1 Å². The lowest BCUT2D eigenvalue weighted by Gasteiger charge is -2.30. The molecule has 1 aromatic carbocycles. The van der Waals surface area contributed by atoms with Crippen molar-refractivity contribution in [1.29, 1.82) is 5.26 Å². The molecule has 0 amide bonds. The molecule has 0 saturated carbocycles. The van der Waals surface area contributed by atoms with Crippen molar-refractivity contribution in [1.82, 2.24) is 4.98 Å². The molecule has 2 aromatic rings. The molecule has 0 N–H and O–H groups in total. The molecule has 1 aliphatic rings. The van der Waals surface area contributed by atoms with Gasteiger partial charge in [0.15, 0.2) is 0 Å². The molecule has 0 saturated heterocycles. The number of benzene rings is 1. The average Bonchev–Trinajstić information content (AvgIpc) is 2.46. The summed E-state index contributed by atoms with van der Waals surface area (Å²) in [6, 6.07) is 10.6. The SMILES string of the molecule is N#Cc1cccnc1N1CCc2cc(F)ccc2C1. The summed E-state index contributed by atoms with van der Waals surface area (Å²) < 4.78 is 13.2. The van der Waals surface area contributed by atoms with Crippen molar-refractivity contribution in [2.45, 2.75) is 13.0 Å². The second-order valence-corrected chi connectivity index (χ2v) is 4.57. The number of aromatic nitrogens is 1. The second kappa shape index (κ2) is 4.69. The molecule has 0 bridgehead atoms. The minimum absolute atomic E-state index is 0.192. The molecule has 4 heteroatoms. The summed E-state index contributed by atoms with van der Waals surface area (Å²) in [4.78, 5) is 6.36. The molecule has 0 spiro atoms. The van der Waals surface area contributed by atoms with Crippen LogP contribution in [0.5, 0.6) is 0 Å². The molecule has 1 aromatic heterocycles. The fourth-order valence-corrected chi connectivity index (χ4v) is 2.44. The van der Waals surface area contributed by atoms with E-state index in [-0.39, 0.29) is 5.82 Å². The molecule has 0 fully saturated rings. The Morgan fingerprint density at radius 1 is 1.26 bits per heavy atom. The quantitative estimate of drug-likeness (QED) is 0.784. The van der Waals surface area contributed by atoms with E-state index in [1.807, 2.05) is 6.07 Å². The monoisotopic (exact) mass is 253 g/mol. The van der Waals surface area contributed by atoms with Crippen LogP contribution in [-0.2, 0) is 13.0 Å². The highest BCUT2D eigenvalue weighted by molar-refractivity contribution is 5.55. The molecule has 3 rings (SSSR count). The highest BCUT2D eigenvalue weighted by Crippen LogP contribution is 2.25. The van der Waals surface area contributed by atoms with Gasteiger partial charge in [-0.25, -0.2) is 9.37 Å². The molecule has 0 aliphatic carbocycles. The number of anilines is 1. The molecule has 19 heavy (non-hydrogen) atoms. The van der Waals surface area contributed by atoms with Crippen molar-refractivity contribution in [2.75, 3.05) is 11.4 Å². The number of rotatable bonds is 1. The lowest BCUT2D eigenvalue weighted by atomic mass is 9.99. The summed E-state index contributed by atoms with van der Waals surface area (Å²) in [6.45, 7) is 1.42. The van der Waals surface area contributed by atoms with Gasteiger partial charge in [-0.1, -0.05) is 6.07 Å². The van der Waals surface area contributed by atoms with Crippen LogP contribution in [-0.4, -0.2) is 11.5 Å². The van der Waals surface area contributed by atoms with E-state index in [1.165, 1.54) is 6.07 Å². The molecule has 3 nitrogen and oxygen atoms in total. The fourth-order valence-electron chi connectivity index (χ4n) is 2.44. The van der Waals surface area contributed by atoms with Crippen LogP contribution in [0.2, 0.25) is 0 Å². The minimum Gasteiger partial charge on any atom is -0.351 e. The predicted molar refractivity (Wildman–Crippen MR) is 70.1 cm³/mol. The Hall–Kier alpha value is -2.41. The molecule has 0 radical (unpaired) electrons. The molecule has 94 valence electrons. The van der Waals surface area contributed by atoms with Gasteiger partial charge in [-0.15, -0.1) is 0 Å². The highest BCUT2D eigenvalue weighted by Gasteiger charge is 2.19. The Morgan fingerprint density at radius 3 is 3.00 bits per heavy atom. The topological polar surface area (TPSA) is 39.9 Å². The van der Waals surface area contributed by atoms with Crippen molar-refractivity contribution in [3.05, 3.63) is 59.0 Å². The van der Waals surface area contributed by atoms with Crippen LogP contribution in [0.1, 0.15) is 16.7 Å². The van der Waals surface area contributed by atoms with Crippen molar-refractivity contribution in [2.24, 2.45) is 0 Å². The average molecular weight is 253 g/mol. The summed E-state index contributed by atoms with van der Waals surface area (Å²) in [5, 5.41) is 9.11. The van der Waals surface area contributed by atoms with Gasteiger partial charge >= 0.3 is 0 Å². The third-order valence-corrected chi connectivity index (χ3v) is 3.39. The van der Waals surface area contributed by atoms with Gasteiger partial charge in [0.1, 0.15) is 17.7 Å². The maximum absolute atomic E-state index is 13.2. The maximum Gasteiger partial charge on any atom is 0.146 e. The van der Waals surface area contributed by atoms with E-state index in [0.29, 0.717) is 17.9 Å². The van der Waals surface area contributed by atoms with Crippen LogP contribution in [0.3, 0.4) is 0 Å². The summed E-state index contributed by atoms with van der Waals surface area (Å²) in [5.74, 6) is 0.516. The summed E-state index contributed by atoms with van der Waals surface area (Å²) in [5.41, 5.74) is 2.72. The summed E-state index contributed by atoms with van der Waals surface area (Å²) in [6.07, 6.45) is 2.46. The Bertz CT molecular complexity index is 661. The zero-order chi connectivity index (χ0) is 13.2. The first-order valence-corrected chi connectivity index (χ1v) is 6.15. The largest absolute Gasteiger partial charge is 0.351 e. The van der Waals surface area contributed by atoms with Crippen molar-refractivity contribution in [3.63, 3.8) is 0 Å². The molecule has 0 unspecified atom stereocenters. The first-order valence-electron chi connectivity index (χ1n) is 6.15. The second-order valence-electron chi connectivity index (χ2n) is 4.57. The number of pyridine rings is 1. The maximum atomic E-state index is 13.2. The summed E-state index contributed by atoms with van der Waals surface area (Å²) in [7, 11) is 0. The van der Waals surface area contributed by atoms with Crippen LogP contribution in [0.15, 0.2) is 36.5 Å².